The van der Waals surface area contributed by atoms with Gasteiger partial charge >= 0.3 is 0 Å². The summed E-state index contributed by atoms with van der Waals surface area (Å²) in [6.07, 6.45) is 5.70. The molecule has 2 N–H and O–H groups in total. The minimum Gasteiger partial charge on any atom is -0.497 e. The molecule has 0 saturated heterocycles. The van der Waals surface area contributed by atoms with Gasteiger partial charge in [0.1, 0.15) is 11.6 Å². The lowest BCUT2D eigenvalue weighted by Gasteiger charge is -2.37. The zero-order chi connectivity index (χ0) is 14.8. The topological polar surface area (TPSA) is 35.2 Å². The van der Waals surface area contributed by atoms with Crippen LogP contribution in [-0.2, 0) is 0 Å². The summed E-state index contributed by atoms with van der Waals surface area (Å²) < 4.78 is 19.4. The van der Waals surface area contributed by atoms with Crippen LogP contribution in [0.5, 0.6) is 5.75 Å². The second-order valence-corrected chi connectivity index (χ2v) is 6.53. The molecule has 1 aliphatic rings. The highest BCUT2D eigenvalue weighted by atomic mass is 19.1. The van der Waals surface area contributed by atoms with Gasteiger partial charge in [0.25, 0.3) is 0 Å². The molecule has 3 heteroatoms. The summed E-state index contributed by atoms with van der Waals surface area (Å²) in [7, 11) is 1.55. The summed E-state index contributed by atoms with van der Waals surface area (Å²) in [5, 5.41) is 0. The Labute approximate surface area is 121 Å². The summed E-state index contributed by atoms with van der Waals surface area (Å²) in [6, 6.07) is 4.81. The van der Waals surface area contributed by atoms with Crippen LogP contribution in [0.25, 0.3) is 0 Å². The molecule has 1 unspecified atom stereocenters. The lowest BCUT2D eigenvalue weighted by molar-refractivity contribution is 0.180. The van der Waals surface area contributed by atoms with Gasteiger partial charge in [-0.25, -0.2) is 4.39 Å². The van der Waals surface area contributed by atoms with Crippen LogP contribution in [0.4, 0.5) is 4.39 Å². The van der Waals surface area contributed by atoms with E-state index in [4.69, 9.17) is 10.5 Å². The van der Waals surface area contributed by atoms with E-state index in [0.29, 0.717) is 17.2 Å². The Hall–Kier alpha value is -1.09. The Balaban J connectivity index is 2.30. The van der Waals surface area contributed by atoms with Gasteiger partial charge in [-0.1, -0.05) is 32.8 Å². The van der Waals surface area contributed by atoms with Crippen molar-refractivity contribution in [3.05, 3.63) is 29.6 Å². The maximum atomic E-state index is 14.3. The first-order valence-corrected chi connectivity index (χ1v) is 7.57. The van der Waals surface area contributed by atoms with Crippen molar-refractivity contribution in [2.75, 3.05) is 7.11 Å². The van der Waals surface area contributed by atoms with Gasteiger partial charge in [0.15, 0.2) is 0 Å². The Kier molecular flexibility index (Phi) is 4.69. The molecule has 0 aromatic heterocycles. The minimum absolute atomic E-state index is 0.0591. The Morgan fingerprint density at radius 3 is 2.45 bits per heavy atom. The Morgan fingerprint density at radius 1 is 1.30 bits per heavy atom. The molecule has 1 saturated carbocycles. The van der Waals surface area contributed by atoms with Crippen molar-refractivity contribution in [2.24, 2.45) is 17.1 Å². The molecule has 0 bridgehead atoms. The highest BCUT2D eigenvalue weighted by Gasteiger charge is 2.41. The molecule has 1 aromatic carbocycles. The van der Waals surface area contributed by atoms with E-state index in [1.54, 1.807) is 19.2 Å². The lowest BCUT2D eigenvalue weighted by atomic mass is 9.70. The second kappa shape index (κ2) is 6.13. The van der Waals surface area contributed by atoms with E-state index in [0.717, 1.165) is 19.3 Å². The predicted molar refractivity (Wildman–Crippen MR) is 80.2 cm³/mol. The molecule has 0 radical (unpaired) electrons. The lowest BCUT2D eigenvalue weighted by Crippen LogP contribution is -2.34. The van der Waals surface area contributed by atoms with Gasteiger partial charge in [-0.3, -0.25) is 0 Å². The fourth-order valence-electron chi connectivity index (χ4n) is 3.75. The molecule has 112 valence electrons. The number of methoxy groups -OCH3 is 1. The molecule has 1 fully saturated rings. The normalized spacial score (nSPS) is 19.3. The van der Waals surface area contributed by atoms with Crippen molar-refractivity contribution >= 4 is 0 Å². The van der Waals surface area contributed by atoms with E-state index >= 15 is 0 Å². The predicted octanol–water partition coefficient (Wildman–Crippen LogP) is 4.44. The van der Waals surface area contributed by atoms with E-state index in [-0.39, 0.29) is 17.3 Å². The third kappa shape index (κ3) is 2.98. The SMILES string of the molecule is COc1ccc(C(N)C2(CC(C)C)CCCC2)c(F)c1. The molecule has 0 spiro atoms. The number of halogens is 1. The van der Waals surface area contributed by atoms with Crippen molar-refractivity contribution in [1.82, 2.24) is 0 Å². The van der Waals surface area contributed by atoms with Crippen LogP contribution in [-0.4, -0.2) is 7.11 Å². The fourth-order valence-corrected chi connectivity index (χ4v) is 3.75. The first-order valence-electron chi connectivity index (χ1n) is 7.57. The molecule has 1 aliphatic carbocycles. The quantitative estimate of drug-likeness (QED) is 0.864. The summed E-state index contributed by atoms with van der Waals surface area (Å²) in [6.45, 7) is 4.44. The van der Waals surface area contributed by atoms with Crippen molar-refractivity contribution in [3.8, 4) is 5.75 Å². The van der Waals surface area contributed by atoms with Crippen LogP contribution in [0.3, 0.4) is 0 Å². The third-order valence-electron chi connectivity index (χ3n) is 4.62. The third-order valence-corrected chi connectivity index (χ3v) is 4.62. The largest absolute Gasteiger partial charge is 0.497 e. The second-order valence-electron chi connectivity index (χ2n) is 6.53. The zero-order valence-corrected chi connectivity index (χ0v) is 12.8. The number of benzene rings is 1. The van der Waals surface area contributed by atoms with E-state index in [2.05, 4.69) is 13.8 Å². The Morgan fingerprint density at radius 2 is 1.95 bits per heavy atom. The fraction of sp³-hybridized carbons (Fsp3) is 0.647. The monoisotopic (exact) mass is 279 g/mol. The van der Waals surface area contributed by atoms with Crippen molar-refractivity contribution < 1.29 is 9.13 Å². The molecule has 1 aromatic rings. The van der Waals surface area contributed by atoms with Crippen LogP contribution >= 0.6 is 0 Å². The number of nitrogens with two attached hydrogens (primary N) is 1. The molecule has 1 atom stereocenters. The van der Waals surface area contributed by atoms with E-state index in [9.17, 15) is 4.39 Å². The molecule has 2 nitrogen and oxygen atoms in total. The van der Waals surface area contributed by atoms with Gasteiger partial charge in [0.2, 0.25) is 0 Å². The van der Waals surface area contributed by atoms with Gasteiger partial charge in [-0.05, 0) is 36.7 Å². The molecular weight excluding hydrogens is 253 g/mol. The molecule has 0 heterocycles. The van der Waals surface area contributed by atoms with Crippen LogP contribution in [0.2, 0.25) is 0 Å². The minimum atomic E-state index is -0.244. The van der Waals surface area contributed by atoms with Crippen LogP contribution in [0, 0.1) is 17.2 Å². The van der Waals surface area contributed by atoms with Crippen LogP contribution < -0.4 is 10.5 Å². The Bertz CT molecular complexity index is 452. The average molecular weight is 279 g/mol. The van der Waals surface area contributed by atoms with E-state index < -0.39 is 0 Å². The summed E-state index contributed by atoms with van der Waals surface area (Å²) in [5.41, 5.74) is 7.19. The first-order chi connectivity index (χ1) is 9.48. The highest BCUT2D eigenvalue weighted by Crippen LogP contribution is 2.51. The van der Waals surface area contributed by atoms with Gasteiger partial charge in [0, 0.05) is 17.7 Å². The van der Waals surface area contributed by atoms with Gasteiger partial charge in [-0.15, -0.1) is 0 Å². The molecule has 0 aliphatic heterocycles. The van der Waals surface area contributed by atoms with E-state index in [1.165, 1.54) is 18.9 Å². The van der Waals surface area contributed by atoms with Gasteiger partial charge in [0.05, 0.1) is 7.11 Å². The van der Waals surface area contributed by atoms with Gasteiger partial charge in [-0.2, -0.15) is 0 Å². The van der Waals surface area contributed by atoms with E-state index in [1.807, 2.05) is 0 Å². The van der Waals surface area contributed by atoms with Crippen LogP contribution in [0.1, 0.15) is 57.6 Å². The molecular formula is C17H26FNO. The maximum absolute atomic E-state index is 14.3. The number of rotatable bonds is 5. The molecule has 0 amide bonds. The average Bonchev–Trinajstić information content (AvgIpc) is 2.86. The summed E-state index contributed by atoms with van der Waals surface area (Å²) in [4.78, 5) is 0. The molecule has 20 heavy (non-hydrogen) atoms. The first kappa shape index (κ1) is 15.3. The zero-order valence-electron chi connectivity index (χ0n) is 12.8. The van der Waals surface area contributed by atoms with Crippen molar-refractivity contribution in [1.29, 1.82) is 0 Å². The maximum Gasteiger partial charge on any atom is 0.131 e. The van der Waals surface area contributed by atoms with Crippen molar-refractivity contribution in [2.45, 2.75) is 52.0 Å². The van der Waals surface area contributed by atoms with Crippen LogP contribution in [0.15, 0.2) is 18.2 Å². The summed E-state index contributed by atoms with van der Waals surface area (Å²) in [5.74, 6) is 0.884. The number of hydrogen-bond donors (Lipinski definition) is 1. The highest BCUT2D eigenvalue weighted by molar-refractivity contribution is 5.32. The molecule has 2 rings (SSSR count). The summed E-state index contributed by atoms with van der Waals surface area (Å²) >= 11 is 0. The smallest absolute Gasteiger partial charge is 0.131 e. The standard InChI is InChI=1S/C17H26FNO/c1-12(2)11-17(8-4-5-9-17)16(19)14-7-6-13(20-3)10-15(14)18/h6-7,10,12,16H,4-5,8-9,11,19H2,1-3H3. The number of ether oxygens (including phenoxy) is 1. The van der Waals surface area contributed by atoms with Gasteiger partial charge < -0.3 is 10.5 Å². The number of hydrogen-bond acceptors (Lipinski definition) is 2. The van der Waals surface area contributed by atoms with Crippen molar-refractivity contribution in [3.63, 3.8) is 0 Å².